The normalized spacial score (nSPS) is 12.0. The highest BCUT2D eigenvalue weighted by molar-refractivity contribution is 7.88. The zero-order chi connectivity index (χ0) is 14.8. The highest BCUT2D eigenvalue weighted by Gasteiger charge is 2.24. The molecule has 2 N–H and O–H groups in total. The van der Waals surface area contributed by atoms with Crippen molar-refractivity contribution in [1.82, 2.24) is 9.29 Å². The lowest BCUT2D eigenvalue weighted by molar-refractivity contribution is 0.386. The summed E-state index contributed by atoms with van der Waals surface area (Å²) in [6.07, 6.45) is 0. The van der Waals surface area contributed by atoms with Gasteiger partial charge in [0, 0.05) is 12.7 Å². The second-order valence-corrected chi connectivity index (χ2v) is 6.43. The molecule has 0 amide bonds. The fourth-order valence-electron chi connectivity index (χ4n) is 1.76. The molecule has 0 aliphatic heterocycles. The van der Waals surface area contributed by atoms with Crippen LogP contribution in [-0.2, 0) is 23.1 Å². The molecule has 0 fully saturated rings. The van der Waals surface area contributed by atoms with Crippen LogP contribution < -0.4 is 5.73 Å². The molecule has 0 aromatic carbocycles. The van der Waals surface area contributed by atoms with Crippen molar-refractivity contribution >= 4 is 10.0 Å². The predicted molar refractivity (Wildman–Crippen MR) is 74.2 cm³/mol. The Morgan fingerprint density at radius 3 is 2.65 bits per heavy atom. The van der Waals surface area contributed by atoms with Gasteiger partial charge in [-0.25, -0.2) is 8.42 Å². The van der Waals surface area contributed by atoms with E-state index in [0.717, 1.165) is 5.69 Å². The Morgan fingerprint density at radius 2 is 2.05 bits per heavy atom. The number of aryl methyl sites for hydroxylation is 1. The van der Waals surface area contributed by atoms with Crippen LogP contribution in [0.1, 0.15) is 17.1 Å². The molecule has 0 aliphatic carbocycles. The molecule has 7 heteroatoms. The van der Waals surface area contributed by atoms with Gasteiger partial charge in [0.15, 0.2) is 0 Å². The molecule has 6 nitrogen and oxygen atoms in total. The first-order chi connectivity index (χ1) is 9.43. The van der Waals surface area contributed by atoms with Crippen LogP contribution in [0.2, 0.25) is 0 Å². The predicted octanol–water partition coefficient (Wildman–Crippen LogP) is 1.26. The molecule has 2 heterocycles. The van der Waals surface area contributed by atoms with Crippen LogP contribution in [0.5, 0.6) is 0 Å². The van der Waals surface area contributed by atoms with Gasteiger partial charge in [0.2, 0.25) is 5.09 Å². The van der Waals surface area contributed by atoms with E-state index in [9.17, 15) is 8.42 Å². The van der Waals surface area contributed by atoms with Gasteiger partial charge < -0.3 is 10.2 Å². The van der Waals surface area contributed by atoms with E-state index >= 15 is 0 Å². The van der Waals surface area contributed by atoms with Crippen molar-refractivity contribution in [1.29, 1.82) is 0 Å². The third-order valence-electron chi connectivity index (χ3n) is 2.83. The number of nitrogens with two attached hydrogens (primary N) is 1. The summed E-state index contributed by atoms with van der Waals surface area (Å²) in [6.45, 7) is 2.21. The minimum Gasteiger partial charge on any atom is -0.447 e. The molecule has 0 radical (unpaired) electrons. The first kappa shape index (κ1) is 14.7. The average molecular weight is 295 g/mol. The first-order valence-corrected chi connectivity index (χ1v) is 7.55. The van der Waals surface area contributed by atoms with Gasteiger partial charge in [-0.3, -0.25) is 4.98 Å². The van der Waals surface area contributed by atoms with E-state index in [1.165, 1.54) is 17.4 Å². The van der Waals surface area contributed by atoms with E-state index in [-0.39, 0.29) is 18.2 Å². The molecule has 20 heavy (non-hydrogen) atoms. The average Bonchev–Trinajstić information content (AvgIpc) is 2.88. The summed E-state index contributed by atoms with van der Waals surface area (Å²) in [5, 5.41) is -0.104. The zero-order valence-electron chi connectivity index (χ0n) is 11.4. The summed E-state index contributed by atoms with van der Waals surface area (Å²) >= 11 is 0. The van der Waals surface area contributed by atoms with Crippen LogP contribution in [0, 0.1) is 6.92 Å². The molecule has 108 valence electrons. The fraction of sp³-hybridized carbons (Fsp3) is 0.308. The van der Waals surface area contributed by atoms with E-state index in [1.807, 2.05) is 19.1 Å². The summed E-state index contributed by atoms with van der Waals surface area (Å²) < 4.78 is 31.0. The summed E-state index contributed by atoms with van der Waals surface area (Å²) in [5.41, 5.74) is 6.94. The van der Waals surface area contributed by atoms with Gasteiger partial charge in [0.05, 0.1) is 18.8 Å². The minimum absolute atomic E-state index is 0.104. The van der Waals surface area contributed by atoms with Gasteiger partial charge in [0.25, 0.3) is 10.0 Å². The number of rotatable bonds is 5. The summed E-state index contributed by atoms with van der Waals surface area (Å²) in [4.78, 5) is 4.28. The number of sulfonamides is 1. The summed E-state index contributed by atoms with van der Waals surface area (Å²) in [7, 11) is -2.18. The molecule has 0 bridgehead atoms. The lowest BCUT2D eigenvalue weighted by atomic mass is 10.3. The third-order valence-corrected chi connectivity index (χ3v) is 4.51. The molecular formula is C13H17N3O3S. The van der Waals surface area contributed by atoms with Gasteiger partial charge in [-0.2, -0.15) is 4.31 Å². The van der Waals surface area contributed by atoms with Crippen molar-refractivity contribution in [2.75, 3.05) is 7.05 Å². The van der Waals surface area contributed by atoms with E-state index in [2.05, 4.69) is 4.98 Å². The van der Waals surface area contributed by atoms with E-state index < -0.39 is 10.0 Å². The lowest BCUT2D eigenvalue weighted by Crippen LogP contribution is -2.26. The molecule has 0 aliphatic rings. The Morgan fingerprint density at radius 1 is 1.30 bits per heavy atom. The fourth-order valence-corrected chi connectivity index (χ4v) is 2.82. The number of hydrogen-bond acceptors (Lipinski definition) is 5. The maximum Gasteiger partial charge on any atom is 0.276 e. The van der Waals surface area contributed by atoms with Crippen molar-refractivity contribution in [3.63, 3.8) is 0 Å². The molecule has 0 saturated heterocycles. The third kappa shape index (κ3) is 3.06. The topological polar surface area (TPSA) is 89.4 Å². The van der Waals surface area contributed by atoms with Crippen LogP contribution in [0.15, 0.2) is 39.8 Å². The molecule has 2 rings (SSSR count). The van der Waals surface area contributed by atoms with Crippen molar-refractivity contribution in [3.8, 4) is 0 Å². The molecule has 0 atom stereocenters. The van der Waals surface area contributed by atoms with Crippen LogP contribution in [0.4, 0.5) is 0 Å². The maximum atomic E-state index is 12.3. The number of nitrogens with zero attached hydrogens (tertiary/aromatic N) is 2. The number of hydrogen-bond donors (Lipinski definition) is 1. The minimum atomic E-state index is -3.67. The van der Waals surface area contributed by atoms with Gasteiger partial charge >= 0.3 is 0 Å². The van der Waals surface area contributed by atoms with Gasteiger partial charge in [-0.05, 0) is 31.2 Å². The van der Waals surface area contributed by atoms with Gasteiger partial charge in [-0.1, -0.05) is 6.07 Å². The highest BCUT2D eigenvalue weighted by Crippen LogP contribution is 2.19. The van der Waals surface area contributed by atoms with E-state index in [1.54, 1.807) is 12.1 Å². The molecule has 2 aromatic heterocycles. The SMILES string of the molecule is Cc1cccc(CN(C)S(=O)(=O)c2ccc(CN)o2)n1. The Balaban J connectivity index is 2.21. The molecule has 0 saturated carbocycles. The number of pyridine rings is 1. The summed E-state index contributed by atoms with van der Waals surface area (Å²) in [6, 6.07) is 8.46. The van der Waals surface area contributed by atoms with Crippen molar-refractivity contribution in [2.24, 2.45) is 5.73 Å². The van der Waals surface area contributed by atoms with E-state index in [4.69, 9.17) is 10.2 Å². The van der Waals surface area contributed by atoms with Gasteiger partial charge in [0.1, 0.15) is 5.76 Å². The van der Waals surface area contributed by atoms with Crippen molar-refractivity contribution in [3.05, 3.63) is 47.5 Å². The Bertz CT molecular complexity index is 694. The first-order valence-electron chi connectivity index (χ1n) is 6.11. The quantitative estimate of drug-likeness (QED) is 0.897. The van der Waals surface area contributed by atoms with Crippen molar-refractivity contribution in [2.45, 2.75) is 25.1 Å². The number of aromatic nitrogens is 1. The zero-order valence-corrected chi connectivity index (χ0v) is 12.2. The standard InChI is InChI=1S/C13H17N3O3S/c1-10-4-3-5-11(15-10)9-16(2)20(17,18)13-7-6-12(8-14)19-13/h3-7H,8-9,14H2,1-2H3. The smallest absolute Gasteiger partial charge is 0.276 e. The maximum absolute atomic E-state index is 12.3. The van der Waals surface area contributed by atoms with Crippen LogP contribution in [0.3, 0.4) is 0 Å². The van der Waals surface area contributed by atoms with Crippen molar-refractivity contribution < 1.29 is 12.8 Å². The van der Waals surface area contributed by atoms with Gasteiger partial charge in [-0.15, -0.1) is 0 Å². The Labute approximate surface area is 118 Å². The van der Waals surface area contributed by atoms with Crippen LogP contribution >= 0.6 is 0 Å². The van der Waals surface area contributed by atoms with E-state index in [0.29, 0.717) is 11.5 Å². The molecule has 0 unspecified atom stereocenters. The monoisotopic (exact) mass is 295 g/mol. The highest BCUT2D eigenvalue weighted by atomic mass is 32.2. The Hall–Kier alpha value is -1.70. The summed E-state index contributed by atoms with van der Waals surface area (Å²) in [5.74, 6) is 0.436. The number of furan rings is 1. The van der Waals surface area contributed by atoms with Crippen LogP contribution in [-0.4, -0.2) is 24.8 Å². The second kappa shape index (κ2) is 5.74. The molecular weight excluding hydrogens is 278 g/mol. The molecule has 2 aromatic rings. The Kier molecular flexibility index (Phi) is 4.22. The second-order valence-electron chi connectivity index (χ2n) is 4.46. The van der Waals surface area contributed by atoms with Crippen LogP contribution in [0.25, 0.3) is 0 Å². The lowest BCUT2D eigenvalue weighted by Gasteiger charge is -2.15. The molecule has 0 spiro atoms. The largest absolute Gasteiger partial charge is 0.447 e.